The number of carbonyl (C=O) groups excluding carboxylic acids is 1. The number of nitrogens with one attached hydrogen (secondary N) is 1. The number of carbonyl (C=O) groups is 1. The maximum atomic E-state index is 11.0. The van der Waals surface area contributed by atoms with Gasteiger partial charge >= 0.3 is 5.97 Å². The summed E-state index contributed by atoms with van der Waals surface area (Å²) in [5, 5.41) is 0. The molecule has 0 saturated carbocycles. The first-order chi connectivity index (χ1) is 5.74. The van der Waals surface area contributed by atoms with Gasteiger partial charge in [0.25, 0.3) is 0 Å². The summed E-state index contributed by atoms with van der Waals surface area (Å²) in [7, 11) is 0. The van der Waals surface area contributed by atoms with Gasteiger partial charge in [0, 0.05) is 34.6 Å². The summed E-state index contributed by atoms with van der Waals surface area (Å²) in [5.41, 5.74) is 0.125. The summed E-state index contributed by atoms with van der Waals surface area (Å²) < 4.78 is 4.71. The minimum atomic E-state index is -0.422. The maximum absolute atomic E-state index is 11.0. The van der Waals surface area contributed by atoms with E-state index in [0.717, 1.165) is 0 Å². The number of esters is 1. The van der Waals surface area contributed by atoms with E-state index in [4.69, 9.17) is 4.74 Å². The molecule has 1 rings (SSSR count). The average Bonchev–Trinajstić information content (AvgIpc) is 2.06. The molecule has 0 fully saturated rings. The Morgan fingerprint density at radius 3 is 2.69 bits per heavy atom. The van der Waals surface area contributed by atoms with Crippen LogP contribution in [0.5, 0.6) is 0 Å². The first-order valence-corrected chi connectivity index (χ1v) is 3.60. The molecule has 0 spiro atoms. The third-order valence-corrected chi connectivity index (χ3v) is 1.30. The van der Waals surface area contributed by atoms with Gasteiger partial charge < -0.3 is 9.72 Å². The molecule has 1 N–H and O–H groups in total. The van der Waals surface area contributed by atoms with Crippen molar-refractivity contribution in [1.29, 1.82) is 0 Å². The smallest absolute Gasteiger partial charge is 0.339 e. The van der Waals surface area contributed by atoms with Gasteiger partial charge in [-0.3, -0.25) is 4.79 Å². The predicted molar refractivity (Wildman–Crippen MR) is 43.0 cm³/mol. The summed E-state index contributed by atoms with van der Waals surface area (Å²) >= 11 is 0. The van der Waals surface area contributed by atoms with Gasteiger partial charge in [-0.25, -0.2) is 4.79 Å². The molecule has 1 aromatic rings. The zero-order valence-corrected chi connectivity index (χ0v) is 8.45. The molecule has 0 aliphatic rings. The Kier molecular flexibility index (Phi) is 5.37. The summed E-state index contributed by atoms with van der Waals surface area (Å²) in [6.45, 7) is 2.06. The third kappa shape index (κ3) is 3.59. The topological polar surface area (TPSA) is 59.2 Å². The first kappa shape index (κ1) is 12.2. The van der Waals surface area contributed by atoms with E-state index in [1.54, 1.807) is 6.92 Å². The van der Waals surface area contributed by atoms with Crippen molar-refractivity contribution in [2.45, 2.75) is 6.92 Å². The van der Waals surface area contributed by atoms with Crippen LogP contribution in [-0.2, 0) is 27.1 Å². The summed E-state index contributed by atoms with van der Waals surface area (Å²) in [4.78, 5) is 24.0. The molecular formula is C8H9AgNO3. The van der Waals surface area contributed by atoms with E-state index in [1.165, 1.54) is 18.3 Å². The van der Waals surface area contributed by atoms with E-state index in [-0.39, 0.29) is 27.9 Å². The molecule has 0 aliphatic heterocycles. The Balaban J connectivity index is 0.00000144. The molecule has 0 aliphatic carbocycles. The van der Waals surface area contributed by atoms with Crippen LogP contribution in [0.1, 0.15) is 17.3 Å². The van der Waals surface area contributed by atoms with Crippen molar-refractivity contribution in [3.63, 3.8) is 0 Å². The molecule has 0 saturated heterocycles. The standard InChI is InChI=1S/C8H9NO3.Ag/c1-2-12-8(11)6-3-4-7(10)9-5-6;/h3-5H,2H2,1H3,(H,9,10);. The second-order valence-electron chi connectivity index (χ2n) is 2.16. The monoisotopic (exact) mass is 274 g/mol. The van der Waals surface area contributed by atoms with E-state index in [9.17, 15) is 9.59 Å². The number of hydrogen-bond donors (Lipinski definition) is 1. The number of H-pyrrole nitrogens is 1. The second kappa shape index (κ2) is 5.75. The largest absolute Gasteiger partial charge is 0.462 e. The van der Waals surface area contributed by atoms with Crippen LogP contribution in [0.3, 0.4) is 0 Å². The number of pyridine rings is 1. The van der Waals surface area contributed by atoms with E-state index in [2.05, 4.69) is 4.98 Å². The van der Waals surface area contributed by atoms with E-state index in [1.807, 2.05) is 0 Å². The fraction of sp³-hybridized carbons (Fsp3) is 0.250. The Hall–Kier alpha value is -0.840. The van der Waals surface area contributed by atoms with Gasteiger partial charge in [0.2, 0.25) is 5.56 Å². The van der Waals surface area contributed by atoms with Gasteiger partial charge in [-0.2, -0.15) is 0 Å². The maximum Gasteiger partial charge on any atom is 0.339 e. The molecule has 5 heteroatoms. The second-order valence-corrected chi connectivity index (χ2v) is 2.16. The number of aromatic amines is 1. The van der Waals surface area contributed by atoms with Crippen LogP contribution >= 0.6 is 0 Å². The molecule has 0 bridgehead atoms. The summed E-state index contributed by atoms with van der Waals surface area (Å²) in [5.74, 6) is -0.422. The molecule has 4 nitrogen and oxygen atoms in total. The van der Waals surface area contributed by atoms with Crippen LogP contribution in [0.2, 0.25) is 0 Å². The molecular weight excluding hydrogens is 266 g/mol. The van der Waals surface area contributed by atoms with Gasteiger partial charge in [-0.15, -0.1) is 0 Å². The average molecular weight is 275 g/mol. The molecule has 13 heavy (non-hydrogen) atoms. The van der Waals surface area contributed by atoms with Gasteiger partial charge in [-0.05, 0) is 13.0 Å². The normalized spacial score (nSPS) is 8.69. The number of rotatable bonds is 2. The van der Waals surface area contributed by atoms with Gasteiger partial charge in [-0.1, -0.05) is 0 Å². The Bertz CT molecular complexity index is 314. The van der Waals surface area contributed by atoms with Crippen LogP contribution in [0.4, 0.5) is 0 Å². The van der Waals surface area contributed by atoms with Crippen molar-refractivity contribution in [3.05, 3.63) is 34.2 Å². The Morgan fingerprint density at radius 1 is 1.54 bits per heavy atom. The molecule has 0 atom stereocenters. The van der Waals surface area contributed by atoms with E-state index >= 15 is 0 Å². The Morgan fingerprint density at radius 2 is 2.23 bits per heavy atom. The zero-order valence-electron chi connectivity index (χ0n) is 6.97. The van der Waals surface area contributed by atoms with Crippen LogP contribution < -0.4 is 5.56 Å². The quantitative estimate of drug-likeness (QED) is 0.633. The van der Waals surface area contributed by atoms with Crippen LogP contribution in [0.25, 0.3) is 0 Å². The molecule has 0 amide bonds. The van der Waals surface area contributed by atoms with Crippen LogP contribution in [0, 0.1) is 0 Å². The fourth-order valence-corrected chi connectivity index (χ4v) is 0.752. The SMILES string of the molecule is CCOC(=O)c1ccc(=O)[nH]c1.[Ag]. The van der Waals surface area contributed by atoms with Crippen molar-refractivity contribution in [3.8, 4) is 0 Å². The van der Waals surface area contributed by atoms with Gasteiger partial charge in [0.1, 0.15) is 0 Å². The first-order valence-electron chi connectivity index (χ1n) is 3.60. The van der Waals surface area contributed by atoms with E-state index < -0.39 is 5.97 Å². The van der Waals surface area contributed by atoms with Crippen molar-refractivity contribution >= 4 is 5.97 Å². The molecule has 1 heterocycles. The van der Waals surface area contributed by atoms with Gasteiger partial charge in [0.05, 0.1) is 12.2 Å². The minimum absolute atomic E-state index is 0. The fourth-order valence-electron chi connectivity index (χ4n) is 0.752. The number of ether oxygens (including phenoxy) is 1. The summed E-state index contributed by atoms with van der Waals surface area (Å²) in [6.07, 6.45) is 1.33. The van der Waals surface area contributed by atoms with Gasteiger partial charge in [0.15, 0.2) is 0 Å². The van der Waals surface area contributed by atoms with Crippen LogP contribution in [-0.4, -0.2) is 17.6 Å². The third-order valence-electron chi connectivity index (χ3n) is 1.30. The van der Waals surface area contributed by atoms with Crippen molar-refractivity contribution in [2.24, 2.45) is 0 Å². The minimum Gasteiger partial charge on any atom is -0.462 e. The molecule has 1 radical (unpaired) electrons. The predicted octanol–water partition coefficient (Wildman–Crippen LogP) is 0.549. The zero-order chi connectivity index (χ0) is 8.97. The molecule has 0 unspecified atom stereocenters. The Labute approximate surface area is 90.8 Å². The van der Waals surface area contributed by atoms with E-state index in [0.29, 0.717) is 12.2 Å². The number of hydrogen-bond acceptors (Lipinski definition) is 3. The van der Waals surface area contributed by atoms with Crippen molar-refractivity contribution < 1.29 is 31.9 Å². The van der Waals surface area contributed by atoms with Crippen LogP contribution in [0.15, 0.2) is 23.1 Å². The molecule has 1 aromatic heterocycles. The van der Waals surface area contributed by atoms with Crippen molar-refractivity contribution in [1.82, 2.24) is 4.98 Å². The molecule has 0 aromatic carbocycles. The molecule has 75 valence electrons. The van der Waals surface area contributed by atoms with Crippen molar-refractivity contribution in [2.75, 3.05) is 6.61 Å². The number of aromatic nitrogens is 1. The summed E-state index contributed by atoms with van der Waals surface area (Å²) in [6, 6.07) is 2.71.